The molecule has 0 unspecified atom stereocenters. The van der Waals surface area contributed by atoms with Gasteiger partial charge in [-0.15, -0.1) is 0 Å². The van der Waals surface area contributed by atoms with Gasteiger partial charge in [-0.3, -0.25) is 4.79 Å². The number of hydrogen-bond donors (Lipinski definition) is 3. The van der Waals surface area contributed by atoms with Gasteiger partial charge in [-0.1, -0.05) is 0 Å². The molecule has 0 aliphatic heterocycles. The molecule has 7 heteroatoms. The fourth-order valence-electron chi connectivity index (χ4n) is 0.899. The maximum absolute atomic E-state index is 10.9. The van der Waals surface area contributed by atoms with E-state index in [2.05, 4.69) is 0 Å². The van der Waals surface area contributed by atoms with Crippen molar-refractivity contribution in [3.63, 3.8) is 0 Å². The number of hydrogen-bond acceptors (Lipinski definition) is 5. The smallest absolute Gasteiger partial charge is 0.241 e. The van der Waals surface area contributed by atoms with E-state index in [4.69, 9.17) is 15.4 Å². The minimum absolute atomic E-state index is 0.0932. The number of sulfonamides is 1. The van der Waals surface area contributed by atoms with Crippen LogP contribution in [-0.4, -0.2) is 24.9 Å². The summed E-state index contributed by atoms with van der Waals surface area (Å²) in [5.74, 6) is -1.57. The number of primary sulfonamides is 1. The normalized spacial score (nSPS) is 11.2. The first kappa shape index (κ1) is 10.5. The highest BCUT2D eigenvalue weighted by molar-refractivity contribution is 7.89. The van der Waals surface area contributed by atoms with Crippen LogP contribution in [0.25, 0.3) is 0 Å². The minimum Gasteiger partial charge on any atom is -0.504 e. The first-order chi connectivity index (χ1) is 6.36. The molecule has 4 N–H and O–H groups in total. The average molecular weight is 217 g/mol. The van der Waals surface area contributed by atoms with E-state index in [1.54, 1.807) is 0 Å². The molecule has 6 nitrogen and oxygen atoms in total. The third-order valence-electron chi connectivity index (χ3n) is 1.52. The Morgan fingerprint density at radius 2 is 1.86 bits per heavy atom. The van der Waals surface area contributed by atoms with Crippen molar-refractivity contribution in [1.29, 1.82) is 0 Å². The molecule has 0 aliphatic rings. The molecule has 0 radical (unpaired) electrons. The SMILES string of the molecule is NS(=O)(=O)c1cc(C=O)cc(O)c1O. The van der Waals surface area contributed by atoms with E-state index >= 15 is 0 Å². The summed E-state index contributed by atoms with van der Waals surface area (Å²) in [7, 11) is -4.16. The summed E-state index contributed by atoms with van der Waals surface area (Å²) in [5.41, 5.74) is -0.0932. The van der Waals surface area contributed by atoms with Crippen LogP contribution in [0.5, 0.6) is 11.5 Å². The molecule has 0 saturated carbocycles. The molecule has 76 valence electrons. The minimum atomic E-state index is -4.16. The second-order valence-electron chi connectivity index (χ2n) is 2.55. The summed E-state index contributed by atoms with van der Waals surface area (Å²) >= 11 is 0. The maximum Gasteiger partial charge on any atom is 0.241 e. The Morgan fingerprint density at radius 1 is 1.29 bits per heavy atom. The quantitative estimate of drug-likeness (QED) is 0.458. The topological polar surface area (TPSA) is 118 Å². The lowest BCUT2D eigenvalue weighted by molar-refractivity contribution is 0.112. The number of aldehydes is 1. The first-order valence-electron chi connectivity index (χ1n) is 3.40. The van der Waals surface area contributed by atoms with Crippen molar-refractivity contribution in [2.75, 3.05) is 0 Å². The van der Waals surface area contributed by atoms with E-state index in [0.29, 0.717) is 6.29 Å². The van der Waals surface area contributed by atoms with Crippen molar-refractivity contribution in [2.24, 2.45) is 5.14 Å². The van der Waals surface area contributed by atoms with E-state index in [1.807, 2.05) is 0 Å². The van der Waals surface area contributed by atoms with Crippen LogP contribution in [0.3, 0.4) is 0 Å². The number of phenols is 2. The van der Waals surface area contributed by atoms with Gasteiger partial charge in [-0.25, -0.2) is 13.6 Å². The van der Waals surface area contributed by atoms with Gasteiger partial charge in [0.1, 0.15) is 11.2 Å². The second-order valence-corrected chi connectivity index (χ2v) is 4.08. The van der Waals surface area contributed by atoms with Crippen LogP contribution in [0.2, 0.25) is 0 Å². The zero-order valence-electron chi connectivity index (χ0n) is 6.84. The van der Waals surface area contributed by atoms with E-state index < -0.39 is 26.4 Å². The summed E-state index contributed by atoms with van der Waals surface area (Å²) in [5, 5.41) is 22.9. The van der Waals surface area contributed by atoms with Crippen LogP contribution >= 0.6 is 0 Å². The summed E-state index contributed by atoms with van der Waals surface area (Å²) in [6.45, 7) is 0. The van der Waals surface area contributed by atoms with E-state index in [1.165, 1.54) is 0 Å². The molecule has 0 saturated heterocycles. The summed E-state index contributed by atoms with van der Waals surface area (Å²) in [6, 6.07) is 1.80. The maximum atomic E-state index is 10.9. The molecule has 0 fully saturated rings. The Labute approximate surface area is 79.6 Å². The third-order valence-corrected chi connectivity index (χ3v) is 2.44. The Morgan fingerprint density at radius 3 is 2.29 bits per heavy atom. The van der Waals surface area contributed by atoms with Gasteiger partial charge < -0.3 is 10.2 Å². The number of phenolic OH excluding ortho intramolecular Hbond substituents is 2. The highest BCUT2D eigenvalue weighted by Crippen LogP contribution is 2.32. The van der Waals surface area contributed by atoms with Gasteiger partial charge in [-0.2, -0.15) is 0 Å². The van der Waals surface area contributed by atoms with Gasteiger partial charge >= 0.3 is 0 Å². The summed E-state index contributed by atoms with van der Waals surface area (Å²) in [4.78, 5) is 9.64. The Balaban J connectivity index is 3.58. The van der Waals surface area contributed by atoms with Gasteiger partial charge in [0.2, 0.25) is 10.0 Å². The molecule has 0 spiro atoms. The summed E-state index contributed by atoms with van der Waals surface area (Å²) in [6.07, 6.45) is 0.327. The van der Waals surface area contributed by atoms with Crippen molar-refractivity contribution in [3.8, 4) is 11.5 Å². The molecular weight excluding hydrogens is 210 g/mol. The van der Waals surface area contributed by atoms with Crippen LogP contribution < -0.4 is 5.14 Å². The molecule has 0 bridgehead atoms. The van der Waals surface area contributed by atoms with Crippen molar-refractivity contribution in [1.82, 2.24) is 0 Å². The monoisotopic (exact) mass is 217 g/mol. The molecule has 0 amide bonds. The largest absolute Gasteiger partial charge is 0.504 e. The molecule has 0 aromatic heterocycles. The van der Waals surface area contributed by atoms with Crippen molar-refractivity contribution in [2.45, 2.75) is 4.90 Å². The van der Waals surface area contributed by atoms with Crippen LogP contribution in [0, 0.1) is 0 Å². The molecule has 14 heavy (non-hydrogen) atoms. The van der Waals surface area contributed by atoms with Crippen LogP contribution in [0.15, 0.2) is 17.0 Å². The number of nitrogens with two attached hydrogens (primary N) is 1. The number of rotatable bonds is 2. The Bertz CT molecular complexity index is 479. The lowest BCUT2D eigenvalue weighted by Crippen LogP contribution is -2.12. The number of benzene rings is 1. The van der Waals surface area contributed by atoms with Gasteiger partial charge in [0.15, 0.2) is 11.5 Å². The average Bonchev–Trinajstić information content (AvgIpc) is 2.07. The number of carbonyl (C=O) groups is 1. The lowest BCUT2D eigenvalue weighted by Gasteiger charge is -2.04. The molecule has 1 aromatic carbocycles. The van der Waals surface area contributed by atoms with Gasteiger partial charge in [0.05, 0.1) is 0 Å². The van der Waals surface area contributed by atoms with Gasteiger partial charge in [-0.05, 0) is 12.1 Å². The standard InChI is InChI=1S/C7H7NO5S/c8-14(12,13)6-2-4(3-9)1-5(10)7(6)11/h1-3,10-11H,(H2,8,12,13). The first-order valence-corrected chi connectivity index (χ1v) is 4.95. The van der Waals surface area contributed by atoms with Crippen LogP contribution in [0.4, 0.5) is 0 Å². The zero-order valence-corrected chi connectivity index (χ0v) is 7.65. The van der Waals surface area contributed by atoms with Crippen LogP contribution in [-0.2, 0) is 10.0 Å². The molecule has 0 atom stereocenters. The second kappa shape index (κ2) is 3.28. The van der Waals surface area contributed by atoms with Gasteiger partial charge in [0, 0.05) is 5.56 Å². The number of carbonyl (C=O) groups excluding carboxylic acids is 1. The van der Waals surface area contributed by atoms with E-state index in [-0.39, 0.29) is 5.56 Å². The molecule has 1 aromatic rings. The van der Waals surface area contributed by atoms with Crippen molar-refractivity contribution < 1.29 is 23.4 Å². The Kier molecular flexibility index (Phi) is 2.45. The van der Waals surface area contributed by atoms with Crippen LogP contribution in [0.1, 0.15) is 10.4 Å². The zero-order chi connectivity index (χ0) is 10.9. The number of aromatic hydroxyl groups is 2. The van der Waals surface area contributed by atoms with Gasteiger partial charge in [0.25, 0.3) is 0 Å². The van der Waals surface area contributed by atoms with Crippen molar-refractivity contribution >= 4 is 16.3 Å². The third kappa shape index (κ3) is 1.83. The molecule has 0 heterocycles. The summed E-state index contributed by atoms with van der Waals surface area (Å²) < 4.78 is 21.7. The van der Waals surface area contributed by atoms with E-state index in [9.17, 15) is 13.2 Å². The Hall–Kier alpha value is -1.60. The predicted molar refractivity (Wildman–Crippen MR) is 46.5 cm³/mol. The molecular formula is C7H7NO5S. The highest BCUT2D eigenvalue weighted by Gasteiger charge is 2.18. The lowest BCUT2D eigenvalue weighted by atomic mass is 10.2. The predicted octanol–water partition coefficient (Wildman–Crippen LogP) is -0.442. The molecule has 1 rings (SSSR count). The fraction of sp³-hybridized carbons (Fsp3) is 0. The molecule has 0 aliphatic carbocycles. The fourth-order valence-corrected chi connectivity index (χ4v) is 1.57. The van der Waals surface area contributed by atoms with Crippen molar-refractivity contribution in [3.05, 3.63) is 17.7 Å². The van der Waals surface area contributed by atoms with E-state index in [0.717, 1.165) is 12.1 Å². The highest BCUT2D eigenvalue weighted by atomic mass is 32.2.